The molecule has 0 radical (unpaired) electrons. The average Bonchev–Trinajstić information content (AvgIpc) is 2.50. The predicted octanol–water partition coefficient (Wildman–Crippen LogP) is 2.33. The normalized spacial score (nSPS) is 10.0. The Kier molecular flexibility index (Phi) is 10.2. The first kappa shape index (κ1) is 19.4. The first-order valence-corrected chi connectivity index (χ1v) is 7.41. The summed E-state index contributed by atoms with van der Waals surface area (Å²) in [6, 6.07) is 0. The number of unbranched alkanes of at least 4 members (excludes halogenated alkanes) is 1. The van der Waals surface area contributed by atoms with E-state index in [1.807, 2.05) is 13.8 Å². The van der Waals surface area contributed by atoms with Crippen LogP contribution in [0.15, 0.2) is 24.3 Å². The molecule has 0 atom stereocenters. The summed E-state index contributed by atoms with van der Waals surface area (Å²) in [7, 11) is 0. The highest BCUT2D eigenvalue weighted by Crippen LogP contribution is 2.11. The van der Waals surface area contributed by atoms with Crippen LogP contribution < -0.4 is 0 Å². The standard InChI is InChI=1S/C16H27NO4/c1-6-9-10-20-11-12-21-16(19)14(5)13(4)15(18)17(7-2)8-3/h4-12H2,1-3H3. The van der Waals surface area contributed by atoms with Gasteiger partial charge in [0, 0.05) is 25.3 Å². The van der Waals surface area contributed by atoms with Crippen LogP contribution >= 0.6 is 0 Å². The van der Waals surface area contributed by atoms with Crippen molar-refractivity contribution in [2.24, 2.45) is 0 Å². The van der Waals surface area contributed by atoms with Gasteiger partial charge in [-0.3, -0.25) is 4.79 Å². The fourth-order valence-corrected chi connectivity index (χ4v) is 1.58. The highest BCUT2D eigenvalue weighted by molar-refractivity contribution is 6.08. The lowest BCUT2D eigenvalue weighted by atomic mass is 10.1. The average molecular weight is 297 g/mol. The molecule has 0 aromatic carbocycles. The molecule has 0 aliphatic rings. The van der Waals surface area contributed by atoms with Crippen LogP contribution in [0.4, 0.5) is 0 Å². The smallest absolute Gasteiger partial charge is 0.338 e. The number of carbonyl (C=O) groups is 2. The van der Waals surface area contributed by atoms with Crippen molar-refractivity contribution in [3.63, 3.8) is 0 Å². The number of hydrogen-bond acceptors (Lipinski definition) is 4. The first-order chi connectivity index (χ1) is 9.99. The Morgan fingerprint density at radius 1 is 0.952 bits per heavy atom. The van der Waals surface area contributed by atoms with E-state index in [2.05, 4.69) is 20.1 Å². The summed E-state index contributed by atoms with van der Waals surface area (Å²) >= 11 is 0. The number of ether oxygens (including phenoxy) is 2. The summed E-state index contributed by atoms with van der Waals surface area (Å²) in [5.41, 5.74) is 0.0797. The molecule has 5 heteroatoms. The minimum absolute atomic E-state index is 0.000424. The Balaban J connectivity index is 4.17. The van der Waals surface area contributed by atoms with Gasteiger partial charge in [0.1, 0.15) is 6.61 Å². The third-order valence-corrected chi connectivity index (χ3v) is 3.02. The lowest BCUT2D eigenvalue weighted by molar-refractivity contribution is -0.141. The lowest BCUT2D eigenvalue weighted by Gasteiger charge is -2.20. The number of hydrogen-bond donors (Lipinski definition) is 0. The van der Waals surface area contributed by atoms with Gasteiger partial charge in [-0.1, -0.05) is 26.5 Å². The molecule has 0 spiro atoms. The van der Waals surface area contributed by atoms with Crippen LogP contribution in [0.1, 0.15) is 33.6 Å². The fraction of sp³-hybridized carbons (Fsp3) is 0.625. The van der Waals surface area contributed by atoms with Crippen molar-refractivity contribution < 1.29 is 19.1 Å². The summed E-state index contributed by atoms with van der Waals surface area (Å²) in [5.74, 6) is -0.916. The van der Waals surface area contributed by atoms with Crippen LogP contribution in [0.5, 0.6) is 0 Å². The molecule has 0 N–H and O–H groups in total. The predicted molar refractivity (Wildman–Crippen MR) is 82.9 cm³/mol. The van der Waals surface area contributed by atoms with Gasteiger partial charge in [0.15, 0.2) is 0 Å². The maximum Gasteiger partial charge on any atom is 0.338 e. The zero-order chi connectivity index (χ0) is 16.3. The number of rotatable bonds is 11. The molecule has 0 unspecified atom stereocenters. The molecule has 0 aliphatic heterocycles. The van der Waals surface area contributed by atoms with Gasteiger partial charge < -0.3 is 14.4 Å². The Labute approximate surface area is 127 Å². The molecule has 0 heterocycles. The highest BCUT2D eigenvalue weighted by atomic mass is 16.6. The SMILES string of the molecule is C=C(C(=C)C(=O)N(CC)CC)C(=O)OCCOCCCC. The summed E-state index contributed by atoms with van der Waals surface area (Å²) in [5, 5.41) is 0. The fourth-order valence-electron chi connectivity index (χ4n) is 1.58. The number of nitrogens with zero attached hydrogens (tertiary/aromatic N) is 1. The van der Waals surface area contributed by atoms with E-state index in [1.54, 1.807) is 4.90 Å². The van der Waals surface area contributed by atoms with Crippen LogP contribution in [0.2, 0.25) is 0 Å². The molecule has 1 amide bonds. The van der Waals surface area contributed by atoms with Crippen molar-refractivity contribution in [2.75, 3.05) is 32.9 Å². The summed E-state index contributed by atoms with van der Waals surface area (Å²) in [6.45, 7) is 15.3. The topological polar surface area (TPSA) is 55.8 Å². The van der Waals surface area contributed by atoms with Crippen molar-refractivity contribution in [3.8, 4) is 0 Å². The monoisotopic (exact) mass is 297 g/mol. The molecular weight excluding hydrogens is 270 g/mol. The second-order valence-corrected chi connectivity index (χ2v) is 4.54. The number of carbonyl (C=O) groups excluding carboxylic acids is 2. The van der Waals surface area contributed by atoms with Crippen LogP contribution in [-0.2, 0) is 19.1 Å². The molecular formula is C16H27NO4. The van der Waals surface area contributed by atoms with Crippen molar-refractivity contribution in [2.45, 2.75) is 33.6 Å². The van der Waals surface area contributed by atoms with Crippen LogP contribution in [0, 0.1) is 0 Å². The van der Waals surface area contributed by atoms with Gasteiger partial charge in [-0.25, -0.2) is 4.79 Å². The lowest BCUT2D eigenvalue weighted by Crippen LogP contribution is -2.32. The zero-order valence-corrected chi connectivity index (χ0v) is 13.4. The van der Waals surface area contributed by atoms with Gasteiger partial charge in [-0.2, -0.15) is 0 Å². The summed E-state index contributed by atoms with van der Waals surface area (Å²) < 4.78 is 10.3. The highest BCUT2D eigenvalue weighted by Gasteiger charge is 2.21. The van der Waals surface area contributed by atoms with Crippen molar-refractivity contribution in [1.29, 1.82) is 0 Å². The van der Waals surface area contributed by atoms with E-state index >= 15 is 0 Å². The van der Waals surface area contributed by atoms with Crippen LogP contribution in [0.25, 0.3) is 0 Å². The third-order valence-electron chi connectivity index (χ3n) is 3.02. The molecule has 0 aliphatic carbocycles. The van der Waals surface area contributed by atoms with Gasteiger partial charge >= 0.3 is 5.97 Å². The maximum absolute atomic E-state index is 12.0. The van der Waals surface area contributed by atoms with Gasteiger partial charge in [0.25, 0.3) is 5.91 Å². The van der Waals surface area contributed by atoms with E-state index in [-0.39, 0.29) is 23.7 Å². The zero-order valence-electron chi connectivity index (χ0n) is 13.4. The molecule has 21 heavy (non-hydrogen) atoms. The molecule has 0 bridgehead atoms. The van der Waals surface area contributed by atoms with E-state index in [0.29, 0.717) is 26.3 Å². The van der Waals surface area contributed by atoms with Gasteiger partial charge in [-0.15, -0.1) is 0 Å². The molecule has 5 nitrogen and oxygen atoms in total. The Morgan fingerprint density at radius 3 is 2.10 bits per heavy atom. The quantitative estimate of drug-likeness (QED) is 0.254. The van der Waals surface area contributed by atoms with Gasteiger partial charge in [-0.05, 0) is 20.3 Å². The van der Waals surface area contributed by atoms with Gasteiger partial charge in [0.05, 0.1) is 12.2 Å². The molecule has 0 aromatic rings. The largest absolute Gasteiger partial charge is 0.460 e. The maximum atomic E-state index is 12.0. The molecule has 0 saturated heterocycles. The Morgan fingerprint density at radius 2 is 1.57 bits per heavy atom. The summed E-state index contributed by atoms with van der Waals surface area (Å²) in [6.07, 6.45) is 2.04. The molecule has 0 rings (SSSR count). The van der Waals surface area contributed by atoms with Crippen LogP contribution in [-0.4, -0.2) is 49.7 Å². The van der Waals surface area contributed by atoms with E-state index < -0.39 is 5.97 Å². The molecule has 0 aromatic heterocycles. The minimum Gasteiger partial charge on any atom is -0.460 e. The van der Waals surface area contributed by atoms with Gasteiger partial charge in [0.2, 0.25) is 0 Å². The first-order valence-electron chi connectivity index (χ1n) is 7.41. The molecule has 120 valence electrons. The molecule has 0 saturated carbocycles. The van der Waals surface area contributed by atoms with E-state index in [0.717, 1.165) is 12.8 Å². The molecule has 0 fully saturated rings. The Bertz CT molecular complexity index is 372. The number of esters is 1. The second-order valence-electron chi connectivity index (χ2n) is 4.54. The number of likely N-dealkylation sites (N-methyl/N-ethyl adjacent to an activating group) is 1. The summed E-state index contributed by atoms with van der Waals surface area (Å²) in [4.78, 5) is 25.4. The third kappa shape index (κ3) is 7.09. The van der Waals surface area contributed by atoms with E-state index in [4.69, 9.17) is 9.47 Å². The Hall–Kier alpha value is -1.62. The van der Waals surface area contributed by atoms with Crippen molar-refractivity contribution in [3.05, 3.63) is 24.3 Å². The van der Waals surface area contributed by atoms with Crippen molar-refractivity contribution in [1.82, 2.24) is 4.90 Å². The van der Waals surface area contributed by atoms with E-state index in [1.165, 1.54) is 0 Å². The minimum atomic E-state index is -0.625. The van der Waals surface area contributed by atoms with Crippen LogP contribution in [0.3, 0.4) is 0 Å². The van der Waals surface area contributed by atoms with Crippen molar-refractivity contribution >= 4 is 11.9 Å². The number of amides is 1. The van der Waals surface area contributed by atoms with E-state index in [9.17, 15) is 9.59 Å². The second kappa shape index (κ2) is 11.1.